The summed E-state index contributed by atoms with van der Waals surface area (Å²) in [5.74, 6) is 0.992. The number of hydrogen-bond acceptors (Lipinski definition) is 2. The molecule has 0 spiro atoms. The average Bonchev–Trinajstić information content (AvgIpc) is 3.19. The SMILES string of the molecule is CC1(C)CCC(C)(C)c2cc(Cc3ccc(C(=O)NCc4ccccc4)o3)ccc21. The maximum Gasteiger partial charge on any atom is 0.287 e. The maximum absolute atomic E-state index is 12.4. The summed E-state index contributed by atoms with van der Waals surface area (Å²) in [7, 11) is 0. The predicted molar refractivity (Wildman–Crippen MR) is 121 cm³/mol. The second kappa shape index (κ2) is 7.79. The van der Waals surface area contributed by atoms with Gasteiger partial charge in [0.25, 0.3) is 5.91 Å². The van der Waals surface area contributed by atoms with Crippen LogP contribution >= 0.6 is 0 Å². The molecule has 0 radical (unpaired) electrons. The largest absolute Gasteiger partial charge is 0.456 e. The van der Waals surface area contributed by atoms with E-state index in [9.17, 15) is 4.79 Å². The number of hydrogen-bond donors (Lipinski definition) is 1. The molecule has 0 bridgehead atoms. The molecule has 1 heterocycles. The molecule has 1 aliphatic rings. The van der Waals surface area contributed by atoms with E-state index in [4.69, 9.17) is 4.42 Å². The van der Waals surface area contributed by atoms with Gasteiger partial charge in [-0.15, -0.1) is 0 Å². The van der Waals surface area contributed by atoms with Gasteiger partial charge in [0.15, 0.2) is 5.76 Å². The van der Waals surface area contributed by atoms with Crippen molar-refractivity contribution in [1.29, 1.82) is 0 Å². The van der Waals surface area contributed by atoms with Crippen molar-refractivity contribution in [1.82, 2.24) is 5.32 Å². The van der Waals surface area contributed by atoms with Crippen LogP contribution in [0.1, 0.15) is 79.1 Å². The second-order valence-corrected chi connectivity index (χ2v) is 9.76. The molecule has 3 aromatic rings. The van der Waals surface area contributed by atoms with Crippen molar-refractivity contribution in [2.45, 2.75) is 64.3 Å². The van der Waals surface area contributed by atoms with Crippen molar-refractivity contribution in [3.8, 4) is 0 Å². The monoisotopic (exact) mass is 401 g/mol. The predicted octanol–water partition coefficient (Wildman–Crippen LogP) is 6.15. The molecule has 3 nitrogen and oxygen atoms in total. The Labute approximate surface area is 179 Å². The van der Waals surface area contributed by atoms with Crippen LogP contribution in [0.25, 0.3) is 0 Å². The molecule has 1 aliphatic carbocycles. The third-order valence-electron chi connectivity index (χ3n) is 6.48. The molecule has 1 N–H and O–H groups in total. The number of nitrogens with one attached hydrogen (secondary N) is 1. The van der Waals surface area contributed by atoms with E-state index in [1.165, 1.54) is 29.5 Å². The molecule has 0 atom stereocenters. The molecular formula is C27H31NO2. The van der Waals surface area contributed by atoms with Crippen LogP contribution < -0.4 is 5.32 Å². The van der Waals surface area contributed by atoms with Crippen LogP contribution in [0.5, 0.6) is 0 Å². The molecule has 0 fully saturated rings. The molecule has 0 saturated heterocycles. The molecule has 0 aliphatic heterocycles. The summed E-state index contributed by atoms with van der Waals surface area (Å²) in [4.78, 5) is 12.4. The zero-order chi connectivity index (χ0) is 21.4. The molecular weight excluding hydrogens is 370 g/mol. The van der Waals surface area contributed by atoms with Gasteiger partial charge in [-0.1, -0.05) is 76.2 Å². The van der Waals surface area contributed by atoms with E-state index >= 15 is 0 Å². The van der Waals surface area contributed by atoms with Crippen LogP contribution in [-0.2, 0) is 23.8 Å². The summed E-state index contributed by atoms with van der Waals surface area (Å²) in [5.41, 5.74) is 5.61. The number of rotatable bonds is 5. The highest BCUT2D eigenvalue weighted by molar-refractivity contribution is 5.91. The van der Waals surface area contributed by atoms with Crippen LogP contribution in [0.2, 0.25) is 0 Å². The smallest absolute Gasteiger partial charge is 0.287 e. The molecule has 0 saturated carbocycles. The normalized spacial score (nSPS) is 16.7. The second-order valence-electron chi connectivity index (χ2n) is 9.76. The summed E-state index contributed by atoms with van der Waals surface area (Å²) in [5, 5.41) is 2.92. The molecule has 1 amide bonds. The van der Waals surface area contributed by atoms with Gasteiger partial charge in [0.05, 0.1) is 0 Å². The first-order valence-corrected chi connectivity index (χ1v) is 10.8. The summed E-state index contributed by atoms with van der Waals surface area (Å²) < 4.78 is 5.86. The third kappa shape index (κ3) is 4.21. The Bertz CT molecular complexity index is 1040. The van der Waals surface area contributed by atoms with Crippen molar-refractivity contribution >= 4 is 5.91 Å². The first-order chi connectivity index (χ1) is 14.2. The first kappa shape index (κ1) is 20.5. The molecule has 156 valence electrons. The molecule has 30 heavy (non-hydrogen) atoms. The lowest BCUT2D eigenvalue weighted by molar-refractivity contribution is 0.0921. The zero-order valence-electron chi connectivity index (χ0n) is 18.4. The van der Waals surface area contributed by atoms with Gasteiger partial charge in [-0.25, -0.2) is 0 Å². The number of carbonyl (C=O) groups excluding carboxylic acids is 1. The molecule has 1 aromatic heterocycles. The van der Waals surface area contributed by atoms with Crippen LogP contribution in [0, 0.1) is 0 Å². The van der Waals surface area contributed by atoms with Crippen LogP contribution in [0.15, 0.2) is 65.1 Å². The first-order valence-electron chi connectivity index (χ1n) is 10.8. The van der Waals surface area contributed by atoms with Gasteiger partial charge < -0.3 is 9.73 Å². The van der Waals surface area contributed by atoms with Crippen LogP contribution in [0.3, 0.4) is 0 Å². The fourth-order valence-corrected chi connectivity index (χ4v) is 4.41. The quantitative estimate of drug-likeness (QED) is 0.557. The highest BCUT2D eigenvalue weighted by Gasteiger charge is 2.36. The van der Waals surface area contributed by atoms with Crippen molar-refractivity contribution in [3.05, 3.63) is 94.4 Å². The highest BCUT2D eigenvalue weighted by Crippen LogP contribution is 2.46. The van der Waals surface area contributed by atoms with Crippen molar-refractivity contribution in [2.75, 3.05) is 0 Å². The number of amides is 1. The molecule has 4 rings (SSSR count). The minimum absolute atomic E-state index is 0.182. The van der Waals surface area contributed by atoms with E-state index in [-0.39, 0.29) is 16.7 Å². The number of furan rings is 1. The van der Waals surface area contributed by atoms with Crippen molar-refractivity contribution < 1.29 is 9.21 Å². The van der Waals surface area contributed by atoms with Gasteiger partial charge in [-0.05, 0) is 58.1 Å². The lowest BCUT2D eigenvalue weighted by atomic mass is 9.63. The Kier molecular flexibility index (Phi) is 5.31. The van der Waals surface area contributed by atoms with E-state index < -0.39 is 0 Å². The Morgan fingerprint density at radius 2 is 1.57 bits per heavy atom. The Balaban J connectivity index is 1.47. The topological polar surface area (TPSA) is 42.2 Å². The fourth-order valence-electron chi connectivity index (χ4n) is 4.41. The minimum Gasteiger partial charge on any atom is -0.456 e. The van der Waals surface area contributed by atoms with E-state index in [0.29, 0.717) is 18.7 Å². The average molecular weight is 402 g/mol. The van der Waals surface area contributed by atoms with E-state index in [0.717, 1.165) is 11.3 Å². The van der Waals surface area contributed by atoms with Gasteiger partial charge in [0, 0.05) is 13.0 Å². The number of benzene rings is 2. The highest BCUT2D eigenvalue weighted by atomic mass is 16.3. The van der Waals surface area contributed by atoms with E-state index in [1.54, 1.807) is 6.07 Å². The number of carbonyl (C=O) groups is 1. The van der Waals surface area contributed by atoms with Gasteiger partial charge in [0.2, 0.25) is 0 Å². The van der Waals surface area contributed by atoms with Gasteiger partial charge in [-0.3, -0.25) is 4.79 Å². The Morgan fingerprint density at radius 1 is 0.867 bits per heavy atom. The third-order valence-corrected chi connectivity index (χ3v) is 6.48. The maximum atomic E-state index is 12.4. The van der Waals surface area contributed by atoms with Gasteiger partial charge in [-0.2, -0.15) is 0 Å². The van der Waals surface area contributed by atoms with E-state index in [1.807, 2.05) is 36.4 Å². The van der Waals surface area contributed by atoms with Crippen molar-refractivity contribution in [2.24, 2.45) is 0 Å². The van der Waals surface area contributed by atoms with Gasteiger partial charge in [0.1, 0.15) is 5.76 Å². The summed E-state index contributed by atoms with van der Waals surface area (Å²) in [6, 6.07) is 20.4. The lowest BCUT2D eigenvalue weighted by Crippen LogP contribution is -2.33. The van der Waals surface area contributed by atoms with Crippen LogP contribution in [-0.4, -0.2) is 5.91 Å². The zero-order valence-corrected chi connectivity index (χ0v) is 18.4. The Hall–Kier alpha value is -2.81. The molecule has 2 aromatic carbocycles. The van der Waals surface area contributed by atoms with Gasteiger partial charge >= 0.3 is 0 Å². The van der Waals surface area contributed by atoms with Crippen molar-refractivity contribution in [3.63, 3.8) is 0 Å². The molecule has 3 heteroatoms. The lowest BCUT2D eigenvalue weighted by Gasteiger charge is -2.42. The van der Waals surface area contributed by atoms with Crippen LogP contribution in [0.4, 0.5) is 0 Å². The molecule has 0 unspecified atom stereocenters. The minimum atomic E-state index is -0.182. The summed E-state index contributed by atoms with van der Waals surface area (Å²) in [6.45, 7) is 9.85. The standard InChI is InChI=1S/C27H31NO2/c1-26(2)14-15-27(3,4)23-17-20(10-12-22(23)26)16-21-11-13-24(30-21)25(29)28-18-19-8-6-5-7-9-19/h5-13,17H,14-16,18H2,1-4H3,(H,28,29). The number of fused-ring (bicyclic) bond motifs is 1. The fraction of sp³-hybridized carbons (Fsp3) is 0.370. The summed E-state index contributed by atoms with van der Waals surface area (Å²) >= 11 is 0. The Morgan fingerprint density at radius 3 is 2.30 bits per heavy atom. The van der Waals surface area contributed by atoms with E-state index in [2.05, 4.69) is 51.2 Å². The summed E-state index contributed by atoms with van der Waals surface area (Å²) in [6.07, 6.45) is 3.10.